The fraction of sp³-hybridized carbons (Fsp3) is 0.531. The minimum atomic E-state index is -4.56. The van der Waals surface area contributed by atoms with Crippen LogP contribution in [-0.4, -0.2) is 75.3 Å². The van der Waals surface area contributed by atoms with Gasteiger partial charge in [-0.1, -0.05) is 12.1 Å². The Labute approximate surface area is 248 Å². The molecule has 3 aromatic heterocycles. The number of aryl methyl sites for hydroxylation is 1. The molecule has 1 atom stereocenters. The second kappa shape index (κ2) is 11.6. The molecular weight excluding hydrogens is 557 g/mol. The van der Waals surface area contributed by atoms with Gasteiger partial charge in [0.15, 0.2) is 0 Å². The van der Waals surface area contributed by atoms with Crippen LogP contribution in [0.25, 0.3) is 32.9 Å². The zero-order valence-electron chi connectivity index (χ0n) is 24.2. The number of fused-ring (bicyclic) bond motifs is 3. The van der Waals surface area contributed by atoms with Gasteiger partial charge in [-0.2, -0.15) is 18.3 Å². The molecular formula is C32H37F3N6O2. The minimum absolute atomic E-state index is 0.121. The van der Waals surface area contributed by atoms with Gasteiger partial charge in [0, 0.05) is 62.5 Å². The number of alkyl halides is 3. The first-order valence-electron chi connectivity index (χ1n) is 15.5. The van der Waals surface area contributed by atoms with Crippen LogP contribution in [0.15, 0.2) is 47.5 Å². The van der Waals surface area contributed by atoms with E-state index in [-0.39, 0.29) is 17.0 Å². The average Bonchev–Trinajstić information content (AvgIpc) is 3.80. The molecule has 11 heteroatoms. The van der Waals surface area contributed by atoms with Crippen molar-refractivity contribution in [3.63, 3.8) is 0 Å². The molecule has 8 nitrogen and oxygen atoms in total. The highest BCUT2D eigenvalue weighted by atomic mass is 19.4. The van der Waals surface area contributed by atoms with Crippen molar-refractivity contribution in [2.75, 3.05) is 37.7 Å². The van der Waals surface area contributed by atoms with E-state index in [0.717, 1.165) is 86.4 Å². The number of hydrogen-bond donors (Lipinski definition) is 0. The van der Waals surface area contributed by atoms with Crippen LogP contribution in [0.3, 0.4) is 0 Å². The Hall–Kier alpha value is -3.44. The summed E-state index contributed by atoms with van der Waals surface area (Å²) < 4.78 is 50.0. The molecule has 2 saturated heterocycles. The molecule has 0 radical (unpaired) electrons. The summed E-state index contributed by atoms with van der Waals surface area (Å²) in [6, 6.07) is 10.0. The van der Waals surface area contributed by atoms with E-state index in [9.17, 15) is 18.0 Å². The van der Waals surface area contributed by atoms with Gasteiger partial charge >= 0.3 is 6.18 Å². The van der Waals surface area contributed by atoms with E-state index < -0.39 is 18.3 Å². The van der Waals surface area contributed by atoms with Crippen molar-refractivity contribution in [3.05, 3.63) is 53.1 Å². The maximum absolute atomic E-state index is 13.8. The van der Waals surface area contributed by atoms with Gasteiger partial charge in [-0.05, 0) is 68.7 Å². The summed E-state index contributed by atoms with van der Waals surface area (Å²) in [6.45, 7) is 3.64. The normalized spacial score (nSPS) is 20.6. The van der Waals surface area contributed by atoms with Crippen LogP contribution in [0.4, 0.5) is 19.0 Å². The van der Waals surface area contributed by atoms with E-state index in [1.54, 1.807) is 16.9 Å². The number of rotatable bonds is 7. The molecule has 5 heterocycles. The van der Waals surface area contributed by atoms with Crippen LogP contribution < -0.4 is 10.5 Å². The third-order valence-electron chi connectivity index (χ3n) is 9.12. The average molecular weight is 595 g/mol. The number of halogens is 3. The molecule has 1 saturated carbocycles. The standard InChI is InChI=1S/C32H37F3N6O2/c33-32(34,35)21-40-28-19-22(25-6-3-12-36-30(25)39-14-4-13-38(16-17-39)23-8-9-23)7-10-26(28)29-27(31(40)42)20-37-41(29)15-11-24-5-1-2-18-43-24/h3,6-7,10,12,19-20,23-24H,1-2,4-5,8-9,11,13-18,21H2. The van der Waals surface area contributed by atoms with Gasteiger partial charge in [0.1, 0.15) is 12.4 Å². The molecule has 0 N–H and O–H groups in total. The van der Waals surface area contributed by atoms with Crippen LogP contribution >= 0.6 is 0 Å². The summed E-state index contributed by atoms with van der Waals surface area (Å²) in [5, 5.41) is 5.23. The lowest BCUT2D eigenvalue weighted by Gasteiger charge is -2.25. The highest BCUT2D eigenvalue weighted by molar-refractivity contribution is 6.05. The van der Waals surface area contributed by atoms with E-state index in [0.29, 0.717) is 23.5 Å². The number of pyridine rings is 2. The summed E-state index contributed by atoms with van der Waals surface area (Å²) in [7, 11) is 0. The molecule has 0 bridgehead atoms. The molecule has 0 spiro atoms. The number of benzene rings is 1. The SMILES string of the molecule is O=c1c2cnn(CCC3CCCCO3)c2c2ccc(-c3cccnc3N3CCCN(C4CC4)CC3)cc2n1CC(F)(F)F. The number of anilines is 1. The highest BCUT2D eigenvalue weighted by Gasteiger charge is 2.32. The van der Waals surface area contributed by atoms with Crippen molar-refractivity contribution in [3.8, 4) is 11.1 Å². The molecule has 4 aromatic rings. The third-order valence-corrected chi connectivity index (χ3v) is 9.12. The Morgan fingerprint density at radius 2 is 1.86 bits per heavy atom. The number of hydrogen-bond acceptors (Lipinski definition) is 6. The zero-order chi connectivity index (χ0) is 29.6. The molecule has 2 aliphatic heterocycles. The monoisotopic (exact) mass is 594 g/mol. The van der Waals surface area contributed by atoms with Crippen molar-refractivity contribution < 1.29 is 17.9 Å². The minimum Gasteiger partial charge on any atom is -0.378 e. The van der Waals surface area contributed by atoms with Crippen molar-refractivity contribution in [2.24, 2.45) is 0 Å². The van der Waals surface area contributed by atoms with Crippen molar-refractivity contribution in [1.82, 2.24) is 24.2 Å². The molecule has 1 aliphatic carbocycles. The number of nitrogens with zero attached hydrogens (tertiary/aromatic N) is 6. The topological polar surface area (TPSA) is 68.4 Å². The van der Waals surface area contributed by atoms with Gasteiger partial charge in [-0.25, -0.2) is 4.98 Å². The molecule has 0 amide bonds. The predicted octanol–water partition coefficient (Wildman–Crippen LogP) is 5.61. The molecule has 1 aromatic carbocycles. The zero-order valence-corrected chi connectivity index (χ0v) is 24.2. The van der Waals surface area contributed by atoms with Crippen LogP contribution in [-0.2, 0) is 17.8 Å². The molecule has 7 rings (SSSR count). The maximum atomic E-state index is 13.8. The van der Waals surface area contributed by atoms with E-state index in [1.165, 1.54) is 19.0 Å². The second-order valence-electron chi connectivity index (χ2n) is 12.1. The van der Waals surface area contributed by atoms with E-state index in [4.69, 9.17) is 9.72 Å². The van der Waals surface area contributed by atoms with Crippen LogP contribution in [0.1, 0.15) is 44.9 Å². The Bertz CT molecular complexity index is 1670. The Balaban J connectivity index is 1.30. The smallest absolute Gasteiger partial charge is 0.378 e. The fourth-order valence-corrected chi connectivity index (χ4v) is 6.84. The fourth-order valence-electron chi connectivity index (χ4n) is 6.84. The quantitative estimate of drug-likeness (QED) is 0.277. The summed E-state index contributed by atoms with van der Waals surface area (Å²) in [5.41, 5.74) is 1.71. The van der Waals surface area contributed by atoms with E-state index in [2.05, 4.69) is 14.9 Å². The first kappa shape index (κ1) is 28.3. The Morgan fingerprint density at radius 3 is 2.65 bits per heavy atom. The maximum Gasteiger partial charge on any atom is 0.406 e. The lowest BCUT2D eigenvalue weighted by molar-refractivity contribution is -0.140. The lowest BCUT2D eigenvalue weighted by Crippen LogP contribution is -2.32. The van der Waals surface area contributed by atoms with Gasteiger partial charge in [-0.3, -0.25) is 18.9 Å². The largest absolute Gasteiger partial charge is 0.406 e. The van der Waals surface area contributed by atoms with Gasteiger partial charge < -0.3 is 9.64 Å². The van der Waals surface area contributed by atoms with Crippen LogP contribution in [0, 0.1) is 0 Å². The second-order valence-corrected chi connectivity index (χ2v) is 12.1. The Morgan fingerprint density at radius 1 is 0.977 bits per heavy atom. The van der Waals surface area contributed by atoms with Gasteiger partial charge in [0.05, 0.1) is 28.7 Å². The predicted molar refractivity (Wildman–Crippen MR) is 160 cm³/mol. The molecule has 228 valence electrons. The molecule has 3 fully saturated rings. The third kappa shape index (κ3) is 5.89. The van der Waals surface area contributed by atoms with Crippen LogP contribution in [0.2, 0.25) is 0 Å². The first-order valence-corrected chi connectivity index (χ1v) is 15.5. The van der Waals surface area contributed by atoms with E-state index >= 15 is 0 Å². The Kier molecular flexibility index (Phi) is 7.63. The molecule has 3 aliphatic rings. The number of aromatic nitrogens is 4. The van der Waals surface area contributed by atoms with Crippen LogP contribution in [0.5, 0.6) is 0 Å². The lowest BCUT2D eigenvalue weighted by atomic mass is 10.0. The molecule has 43 heavy (non-hydrogen) atoms. The summed E-state index contributed by atoms with van der Waals surface area (Å²) in [6.07, 6.45) is 6.18. The van der Waals surface area contributed by atoms with Gasteiger partial charge in [-0.15, -0.1) is 0 Å². The summed E-state index contributed by atoms with van der Waals surface area (Å²) in [5.74, 6) is 0.822. The number of ether oxygens (including phenoxy) is 1. The van der Waals surface area contributed by atoms with Gasteiger partial charge in [0.25, 0.3) is 5.56 Å². The van der Waals surface area contributed by atoms with Crippen molar-refractivity contribution >= 4 is 27.6 Å². The summed E-state index contributed by atoms with van der Waals surface area (Å²) in [4.78, 5) is 23.2. The highest BCUT2D eigenvalue weighted by Crippen LogP contribution is 2.35. The van der Waals surface area contributed by atoms with Gasteiger partial charge in [0.2, 0.25) is 0 Å². The molecule has 1 unspecified atom stereocenters. The van der Waals surface area contributed by atoms with Crippen molar-refractivity contribution in [2.45, 2.75) is 76.4 Å². The van der Waals surface area contributed by atoms with Crippen molar-refractivity contribution in [1.29, 1.82) is 0 Å². The van der Waals surface area contributed by atoms with E-state index in [1.807, 2.05) is 24.3 Å². The summed E-state index contributed by atoms with van der Waals surface area (Å²) >= 11 is 0. The first-order chi connectivity index (χ1) is 20.9.